The standard InChI is InChI=1S/C19H24O3/c1-11-15-12(20)9-19-7-6-17(2,10-19)5-4-14(19)18(15,3)8-13(21)16(11)22/h6-8,12,14,20-21H,4-5,9-10H2,1-3H3/t12-,14+,17-,18+,19-/m1/s1. The third-order valence-corrected chi connectivity index (χ3v) is 6.87. The van der Waals surface area contributed by atoms with Gasteiger partial charge < -0.3 is 10.2 Å². The highest BCUT2D eigenvalue weighted by molar-refractivity contribution is 6.08. The smallest absolute Gasteiger partial charge is 0.222 e. The number of allylic oxidation sites excluding steroid dienone is 4. The van der Waals surface area contributed by atoms with Crippen molar-refractivity contribution >= 4 is 5.78 Å². The van der Waals surface area contributed by atoms with Crippen molar-refractivity contribution in [2.75, 3.05) is 0 Å². The molecule has 0 aromatic heterocycles. The fourth-order valence-electron chi connectivity index (χ4n) is 6.09. The summed E-state index contributed by atoms with van der Waals surface area (Å²) in [6, 6.07) is 0. The highest BCUT2D eigenvalue weighted by atomic mass is 16.3. The molecule has 2 fully saturated rings. The molecule has 2 N–H and O–H groups in total. The largest absolute Gasteiger partial charge is 0.504 e. The number of rotatable bonds is 0. The summed E-state index contributed by atoms with van der Waals surface area (Å²) in [5.74, 6) is -0.135. The summed E-state index contributed by atoms with van der Waals surface area (Å²) in [4.78, 5) is 12.1. The first-order chi connectivity index (χ1) is 10.2. The fraction of sp³-hybridized carbons (Fsp3) is 0.632. The number of fused-ring (bicyclic) bond motifs is 3. The number of hydrogen-bond acceptors (Lipinski definition) is 3. The van der Waals surface area contributed by atoms with E-state index in [1.54, 1.807) is 13.0 Å². The molecule has 4 aliphatic carbocycles. The summed E-state index contributed by atoms with van der Waals surface area (Å²) in [6.45, 7) is 6.15. The number of carbonyl (C=O) groups excluding carboxylic acids is 1. The van der Waals surface area contributed by atoms with Gasteiger partial charge in [0.25, 0.3) is 0 Å². The minimum Gasteiger partial charge on any atom is -0.504 e. The number of hydrogen-bond donors (Lipinski definition) is 2. The average Bonchev–Trinajstić information content (AvgIpc) is 2.66. The number of ketones is 1. The molecule has 0 heterocycles. The fourth-order valence-corrected chi connectivity index (χ4v) is 6.09. The Labute approximate surface area is 131 Å². The van der Waals surface area contributed by atoms with E-state index in [0.717, 1.165) is 24.8 Å². The number of aliphatic hydroxyl groups is 2. The Morgan fingerprint density at radius 1 is 1.27 bits per heavy atom. The van der Waals surface area contributed by atoms with E-state index >= 15 is 0 Å². The quantitative estimate of drug-likeness (QED) is 0.674. The van der Waals surface area contributed by atoms with Crippen LogP contribution in [0.1, 0.15) is 46.5 Å². The van der Waals surface area contributed by atoms with Crippen LogP contribution in [-0.4, -0.2) is 22.1 Å². The van der Waals surface area contributed by atoms with Crippen molar-refractivity contribution in [2.24, 2.45) is 22.2 Å². The lowest BCUT2D eigenvalue weighted by Gasteiger charge is -2.58. The van der Waals surface area contributed by atoms with Gasteiger partial charge in [-0.25, -0.2) is 0 Å². The molecule has 0 aliphatic heterocycles. The lowest BCUT2D eigenvalue weighted by Crippen LogP contribution is -2.53. The van der Waals surface area contributed by atoms with Crippen molar-refractivity contribution in [1.82, 2.24) is 0 Å². The van der Waals surface area contributed by atoms with Crippen LogP contribution < -0.4 is 0 Å². The summed E-state index contributed by atoms with van der Waals surface area (Å²) >= 11 is 0. The molecule has 0 aromatic rings. The molecular formula is C19H24O3. The van der Waals surface area contributed by atoms with E-state index in [-0.39, 0.29) is 22.4 Å². The Balaban J connectivity index is 1.90. The van der Waals surface area contributed by atoms with Gasteiger partial charge >= 0.3 is 0 Å². The van der Waals surface area contributed by atoms with Crippen LogP contribution in [0.25, 0.3) is 0 Å². The molecular weight excluding hydrogens is 276 g/mol. The van der Waals surface area contributed by atoms with Gasteiger partial charge in [0.05, 0.1) is 6.10 Å². The third kappa shape index (κ3) is 1.53. The molecule has 0 amide bonds. The second-order valence-corrected chi connectivity index (χ2v) is 8.39. The first-order valence-electron chi connectivity index (χ1n) is 8.27. The van der Waals surface area contributed by atoms with Gasteiger partial charge in [0.2, 0.25) is 5.78 Å². The van der Waals surface area contributed by atoms with Crippen molar-refractivity contribution in [1.29, 1.82) is 0 Å². The second-order valence-electron chi connectivity index (χ2n) is 8.39. The molecule has 5 atom stereocenters. The number of carbonyl (C=O) groups is 1. The van der Waals surface area contributed by atoms with Crippen molar-refractivity contribution < 1.29 is 15.0 Å². The molecule has 0 saturated heterocycles. The van der Waals surface area contributed by atoms with Crippen LogP contribution >= 0.6 is 0 Å². The van der Waals surface area contributed by atoms with Crippen molar-refractivity contribution in [3.63, 3.8) is 0 Å². The predicted molar refractivity (Wildman–Crippen MR) is 84.2 cm³/mol. The van der Waals surface area contributed by atoms with Crippen LogP contribution in [0.3, 0.4) is 0 Å². The van der Waals surface area contributed by atoms with E-state index < -0.39 is 11.5 Å². The topological polar surface area (TPSA) is 57.5 Å². The van der Waals surface area contributed by atoms with Gasteiger partial charge in [0.1, 0.15) is 0 Å². The van der Waals surface area contributed by atoms with Gasteiger partial charge in [-0.2, -0.15) is 0 Å². The minimum atomic E-state index is -0.598. The van der Waals surface area contributed by atoms with Gasteiger partial charge in [-0.1, -0.05) is 26.0 Å². The molecule has 3 heteroatoms. The highest BCUT2D eigenvalue weighted by Gasteiger charge is 2.61. The first kappa shape index (κ1) is 14.3. The van der Waals surface area contributed by atoms with Crippen molar-refractivity contribution in [3.05, 3.63) is 35.1 Å². The zero-order valence-electron chi connectivity index (χ0n) is 13.5. The Bertz CT molecular complexity index is 670. The molecule has 2 bridgehead atoms. The normalized spacial score (nSPS) is 49.8. The van der Waals surface area contributed by atoms with E-state index in [0.29, 0.717) is 17.9 Å². The van der Waals surface area contributed by atoms with E-state index in [9.17, 15) is 15.0 Å². The van der Waals surface area contributed by atoms with E-state index in [4.69, 9.17) is 0 Å². The number of aliphatic hydroxyl groups excluding tert-OH is 2. The zero-order valence-corrected chi connectivity index (χ0v) is 13.5. The Kier molecular flexibility index (Phi) is 2.55. The molecule has 118 valence electrons. The molecule has 3 nitrogen and oxygen atoms in total. The monoisotopic (exact) mass is 300 g/mol. The summed E-state index contributed by atoms with van der Waals surface area (Å²) < 4.78 is 0. The predicted octanol–water partition coefficient (Wildman–Crippen LogP) is 3.46. The molecule has 0 radical (unpaired) electrons. The second kappa shape index (κ2) is 3.94. The first-order valence-corrected chi connectivity index (χ1v) is 8.27. The van der Waals surface area contributed by atoms with Crippen LogP contribution in [0.2, 0.25) is 0 Å². The van der Waals surface area contributed by atoms with E-state index in [2.05, 4.69) is 26.0 Å². The maximum atomic E-state index is 12.1. The van der Waals surface area contributed by atoms with E-state index in [1.807, 2.05) is 0 Å². The SMILES string of the molecule is CC1=C2[C@H](O)C[C@@]34C=C[C@@](C)(CC[C@H]3[C@]2(C)C=C(O)C1=O)C4. The highest BCUT2D eigenvalue weighted by Crippen LogP contribution is 2.68. The van der Waals surface area contributed by atoms with Crippen LogP contribution in [0.4, 0.5) is 0 Å². The molecule has 0 unspecified atom stereocenters. The molecule has 1 spiro atoms. The van der Waals surface area contributed by atoms with Gasteiger partial charge in [-0.05, 0) is 61.0 Å². The molecule has 2 saturated carbocycles. The zero-order chi connectivity index (χ0) is 15.9. The Morgan fingerprint density at radius 2 is 2.00 bits per heavy atom. The number of Topliss-reactive ketones (excluding diaryl/α,β-unsaturated/α-hetero) is 1. The van der Waals surface area contributed by atoms with Crippen molar-refractivity contribution in [2.45, 2.75) is 52.6 Å². The van der Waals surface area contributed by atoms with Gasteiger partial charge in [-0.15, -0.1) is 0 Å². The van der Waals surface area contributed by atoms with Crippen LogP contribution in [0.5, 0.6) is 0 Å². The Morgan fingerprint density at radius 3 is 2.73 bits per heavy atom. The molecule has 4 aliphatic rings. The van der Waals surface area contributed by atoms with Gasteiger partial charge in [-0.3, -0.25) is 4.79 Å². The summed E-state index contributed by atoms with van der Waals surface area (Å²) in [5.41, 5.74) is 1.21. The Hall–Kier alpha value is -1.35. The van der Waals surface area contributed by atoms with Crippen LogP contribution in [0, 0.1) is 22.2 Å². The van der Waals surface area contributed by atoms with Gasteiger partial charge in [0, 0.05) is 11.0 Å². The van der Waals surface area contributed by atoms with Crippen molar-refractivity contribution in [3.8, 4) is 0 Å². The van der Waals surface area contributed by atoms with Crippen LogP contribution in [0.15, 0.2) is 35.1 Å². The molecule has 4 rings (SSSR count). The average molecular weight is 300 g/mol. The molecule has 0 aromatic carbocycles. The lowest BCUT2D eigenvalue weighted by molar-refractivity contribution is -0.116. The summed E-state index contributed by atoms with van der Waals surface area (Å²) in [6.07, 6.45) is 9.77. The molecule has 22 heavy (non-hydrogen) atoms. The summed E-state index contributed by atoms with van der Waals surface area (Å²) in [5, 5.41) is 21.0. The van der Waals surface area contributed by atoms with Crippen LogP contribution in [-0.2, 0) is 4.79 Å². The summed E-state index contributed by atoms with van der Waals surface area (Å²) in [7, 11) is 0. The van der Waals surface area contributed by atoms with E-state index in [1.165, 1.54) is 0 Å². The maximum Gasteiger partial charge on any atom is 0.222 e. The third-order valence-electron chi connectivity index (χ3n) is 6.87. The minimum absolute atomic E-state index is 0.00210. The lowest BCUT2D eigenvalue weighted by atomic mass is 9.46. The maximum absolute atomic E-state index is 12.1. The van der Waals surface area contributed by atoms with Gasteiger partial charge in [0.15, 0.2) is 5.76 Å².